The number of piperazine rings is 1. The molecule has 0 N–H and O–H groups in total. The van der Waals surface area contributed by atoms with Gasteiger partial charge in [0.15, 0.2) is 0 Å². The predicted octanol–water partition coefficient (Wildman–Crippen LogP) is 4.62. The van der Waals surface area contributed by atoms with Gasteiger partial charge in [0.25, 0.3) is 0 Å². The van der Waals surface area contributed by atoms with Gasteiger partial charge in [0.1, 0.15) is 11.6 Å². The van der Waals surface area contributed by atoms with Gasteiger partial charge in [-0.2, -0.15) is 0 Å². The predicted molar refractivity (Wildman–Crippen MR) is 118 cm³/mol. The van der Waals surface area contributed by atoms with Gasteiger partial charge in [0.05, 0.1) is 25.1 Å². The van der Waals surface area contributed by atoms with E-state index in [-0.39, 0.29) is 5.82 Å². The lowest BCUT2D eigenvalue weighted by Gasteiger charge is -2.38. The third-order valence-electron chi connectivity index (χ3n) is 5.31. The lowest BCUT2D eigenvalue weighted by molar-refractivity contribution is 0.340. The van der Waals surface area contributed by atoms with Crippen LogP contribution in [-0.2, 0) is 0 Å². The van der Waals surface area contributed by atoms with E-state index < -0.39 is 0 Å². The summed E-state index contributed by atoms with van der Waals surface area (Å²) in [5, 5.41) is 0. The zero-order valence-electron chi connectivity index (χ0n) is 17.3. The Morgan fingerprint density at radius 2 is 1.53 bits per heavy atom. The van der Waals surface area contributed by atoms with Crippen molar-refractivity contribution in [1.29, 1.82) is 0 Å². The number of methoxy groups -OCH3 is 1. The molecule has 0 spiro atoms. The first-order valence-corrected chi connectivity index (χ1v) is 10.2. The van der Waals surface area contributed by atoms with Crippen molar-refractivity contribution in [3.05, 3.63) is 66.5 Å². The number of hydrogen-bond acceptors (Lipinski definition) is 5. The van der Waals surface area contributed by atoms with Gasteiger partial charge >= 0.3 is 0 Å². The van der Waals surface area contributed by atoms with Crippen LogP contribution in [0, 0.1) is 5.82 Å². The number of hydrogen-bond donors (Lipinski definition) is 0. The highest BCUT2D eigenvalue weighted by Gasteiger charge is 2.21. The highest BCUT2D eigenvalue weighted by atomic mass is 19.1. The molecular formula is C24H26FN3O2. The van der Waals surface area contributed by atoms with Crippen molar-refractivity contribution in [3.8, 4) is 22.9 Å². The van der Waals surface area contributed by atoms with Gasteiger partial charge < -0.3 is 19.3 Å². The summed E-state index contributed by atoms with van der Waals surface area (Å²) >= 11 is 0. The Bertz CT molecular complexity index is 969. The summed E-state index contributed by atoms with van der Waals surface area (Å²) in [5.41, 5.74) is 4.05. The molecule has 1 aromatic heterocycles. The van der Waals surface area contributed by atoms with Crippen LogP contribution < -0.4 is 19.3 Å². The Balaban J connectivity index is 1.56. The fraction of sp³-hybridized carbons (Fsp3) is 0.292. The highest BCUT2D eigenvalue weighted by Crippen LogP contribution is 2.33. The van der Waals surface area contributed by atoms with Crippen molar-refractivity contribution < 1.29 is 13.9 Å². The molecule has 2 heterocycles. The normalized spacial score (nSPS) is 14.0. The molecular weight excluding hydrogens is 381 g/mol. The summed E-state index contributed by atoms with van der Waals surface area (Å²) in [6.45, 7) is 6.05. The van der Waals surface area contributed by atoms with E-state index in [4.69, 9.17) is 14.5 Å². The minimum absolute atomic E-state index is 0.207. The van der Waals surface area contributed by atoms with Crippen molar-refractivity contribution in [1.82, 2.24) is 4.98 Å². The number of benzene rings is 2. The van der Waals surface area contributed by atoms with E-state index in [1.165, 1.54) is 12.1 Å². The molecule has 2 aromatic carbocycles. The van der Waals surface area contributed by atoms with Crippen LogP contribution in [0.15, 0.2) is 60.7 Å². The summed E-state index contributed by atoms with van der Waals surface area (Å²) in [5.74, 6) is 1.23. The van der Waals surface area contributed by atoms with Crippen molar-refractivity contribution in [2.24, 2.45) is 0 Å². The standard InChI is InChI=1S/C24H26FN3O2/c1-3-30-21-10-4-18(5-11-21)24-22(12-13-23(26-24)29-2)28-16-14-27(15-17-28)20-8-6-19(25)7-9-20/h4-13H,3,14-17H2,1-2H3. The summed E-state index contributed by atoms with van der Waals surface area (Å²) < 4.78 is 24.2. The van der Waals surface area contributed by atoms with Crippen LogP contribution in [-0.4, -0.2) is 44.9 Å². The van der Waals surface area contributed by atoms with E-state index >= 15 is 0 Å². The van der Waals surface area contributed by atoms with E-state index in [1.54, 1.807) is 7.11 Å². The van der Waals surface area contributed by atoms with E-state index in [0.717, 1.165) is 54.6 Å². The third-order valence-corrected chi connectivity index (χ3v) is 5.31. The van der Waals surface area contributed by atoms with Gasteiger partial charge in [-0.15, -0.1) is 0 Å². The van der Waals surface area contributed by atoms with Gasteiger partial charge in [-0.25, -0.2) is 9.37 Å². The van der Waals surface area contributed by atoms with Crippen molar-refractivity contribution >= 4 is 11.4 Å². The fourth-order valence-corrected chi connectivity index (χ4v) is 3.75. The lowest BCUT2D eigenvalue weighted by Crippen LogP contribution is -2.46. The lowest BCUT2D eigenvalue weighted by atomic mass is 10.1. The van der Waals surface area contributed by atoms with Crippen LogP contribution in [0.5, 0.6) is 11.6 Å². The summed E-state index contributed by atoms with van der Waals surface area (Å²) in [6, 6.07) is 18.7. The topological polar surface area (TPSA) is 37.8 Å². The number of aromatic nitrogens is 1. The van der Waals surface area contributed by atoms with Gasteiger partial charge in [0.2, 0.25) is 5.88 Å². The minimum Gasteiger partial charge on any atom is -0.494 e. The number of anilines is 2. The van der Waals surface area contributed by atoms with Crippen molar-refractivity contribution in [2.45, 2.75) is 6.92 Å². The molecule has 1 fully saturated rings. The minimum atomic E-state index is -0.207. The molecule has 0 unspecified atom stereocenters. The number of halogens is 1. The van der Waals surface area contributed by atoms with Gasteiger partial charge in [-0.3, -0.25) is 0 Å². The molecule has 0 saturated carbocycles. The summed E-state index contributed by atoms with van der Waals surface area (Å²) in [4.78, 5) is 9.37. The maximum Gasteiger partial charge on any atom is 0.213 e. The molecule has 1 saturated heterocycles. The van der Waals surface area contributed by atoms with E-state index in [0.29, 0.717) is 12.5 Å². The second-order valence-electron chi connectivity index (χ2n) is 7.13. The molecule has 3 aromatic rings. The molecule has 1 aliphatic heterocycles. The summed E-state index contributed by atoms with van der Waals surface area (Å²) in [7, 11) is 1.63. The number of ether oxygens (including phenoxy) is 2. The average molecular weight is 407 g/mol. The third kappa shape index (κ3) is 4.32. The van der Waals surface area contributed by atoms with Gasteiger partial charge in [-0.1, -0.05) is 0 Å². The Morgan fingerprint density at radius 1 is 0.867 bits per heavy atom. The number of rotatable bonds is 6. The first-order chi connectivity index (χ1) is 14.7. The second-order valence-corrected chi connectivity index (χ2v) is 7.13. The van der Waals surface area contributed by atoms with E-state index in [1.807, 2.05) is 49.4 Å². The van der Waals surface area contributed by atoms with E-state index in [2.05, 4.69) is 15.9 Å². The molecule has 30 heavy (non-hydrogen) atoms. The first kappa shape index (κ1) is 20.0. The van der Waals surface area contributed by atoms with Crippen LogP contribution in [0.25, 0.3) is 11.3 Å². The van der Waals surface area contributed by atoms with Gasteiger partial charge in [0, 0.05) is 43.5 Å². The Morgan fingerprint density at radius 3 is 2.17 bits per heavy atom. The highest BCUT2D eigenvalue weighted by molar-refractivity contribution is 5.76. The molecule has 156 valence electrons. The first-order valence-electron chi connectivity index (χ1n) is 10.2. The maximum absolute atomic E-state index is 13.2. The molecule has 1 aliphatic rings. The van der Waals surface area contributed by atoms with Crippen LogP contribution in [0.1, 0.15) is 6.92 Å². The van der Waals surface area contributed by atoms with Crippen LogP contribution in [0.3, 0.4) is 0 Å². The Hall–Kier alpha value is -3.28. The molecule has 0 aliphatic carbocycles. The number of nitrogens with zero attached hydrogens (tertiary/aromatic N) is 3. The van der Waals surface area contributed by atoms with Crippen LogP contribution >= 0.6 is 0 Å². The zero-order chi connectivity index (χ0) is 20.9. The average Bonchev–Trinajstić information content (AvgIpc) is 2.80. The van der Waals surface area contributed by atoms with Crippen molar-refractivity contribution in [2.75, 3.05) is 49.7 Å². The van der Waals surface area contributed by atoms with Gasteiger partial charge in [-0.05, 0) is 61.5 Å². The number of pyridine rings is 1. The van der Waals surface area contributed by atoms with Crippen LogP contribution in [0.4, 0.5) is 15.8 Å². The maximum atomic E-state index is 13.2. The SMILES string of the molecule is CCOc1ccc(-c2nc(OC)ccc2N2CCN(c3ccc(F)cc3)CC2)cc1. The van der Waals surface area contributed by atoms with E-state index in [9.17, 15) is 4.39 Å². The van der Waals surface area contributed by atoms with Crippen LogP contribution in [0.2, 0.25) is 0 Å². The zero-order valence-corrected chi connectivity index (χ0v) is 17.3. The quantitative estimate of drug-likeness (QED) is 0.596. The largest absolute Gasteiger partial charge is 0.494 e. The molecule has 4 rings (SSSR count). The van der Waals surface area contributed by atoms with Crippen molar-refractivity contribution in [3.63, 3.8) is 0 Å². The molecule has 0 bridgehead atoms. The monoisotopic (exact) mass is 407 g/mol. The smallest absolute Gasteiger partial charge is 0.213 e. The molecule has 6 heteroatoms. The Kier molecular flexibility index (Phi) is 6.02. The fourth-order valence-electron chi connectivity index (χ4n) is 3.75. The second kappa shape index (κ2) is 9.03. The summed E-state index contributed by atoms with van der Waals surface area (Å²) in [6.07, 6.45) is 0. The Labute approximate surface area is 176 Å². The molecule has 0 atom stereocenters. The molecule has 0 amide bonds. The molecule has 5 nitrogen and oxygen atoms in total. The molecule has 0 radical (unpaired) electrons.